The van der Waals surface area contributed by atoms with Crippen molar-refractivity contribution in [1.29, 1.82) is 5.26 Å². The zero-order chi connectivity index (χ0) is 23.7. The van der Waals surface area contributed by atoms with Crippen LogP contribution in [-0.4, -0.2) is 57.3 Å². The maximum Gasteiger partial charge on any atom is 0.332 e. The van der Waals surface area contributed by atoms with E-state index in [1.807, 2.05) is 6.07 Å². The highest BCUT2D eigenvalue weighted by Crippen LogP contribution is 2.44. The standard InChI is InChI=1S/C24H15F2N5O3/c25-13-5-12(6-14(26)7-13)22(32)29-11-15-8-19(29)21-23(33)31(24(34)30(15)21)20-10-28-18(9-27)16-3-1-2-4-17(16)20/h1-7,10,15,19,21H,8,11H2/t15-,19?,21+/m1/s1. The first-order valence-corrected chi connectivity index (χ1v) is 10.6. The summed E-state index contributed by atoms with van der Waals surface area (Å²) in [7, 11) is 0. The lowest BCUT2D eigenvalue weighted by Crippen LogP contribution is -2.54. The van der Waals surface area contributed by atoms with E-state index in [0.29, 0.717) is 23.3 Å². The number of carbonyl (C=O) groups is 3. The summed E-state index contributed by atoms with van der Waals surface area (Å²) in [5, 5.41) is 10.4. The topological polar surface area (TPSA) is 97.6 Å². The Hall–Kier alpha value is -4.39. The first-order valence-electron chi connectivity index (χ1n) is 10.6. The molecular formula is C24H15F2N5O3. The van der Waals surface area contributed by atoms with E-state index in [2.05, 4.69) is 4.98 Å². The van der Waals surface area contributed by atoms with E-state index in [-0.39, 0.29) is 23.5 Å². The number of pyridine rings is 1. The molecule has 4 heterocycles. The number of nitriles is 1. The first-order chi connectivity index (χ1) is 16.4. The number of fused-ring (bicyclic) bond motifs is 6. The van der Waals surface area contributed by atoms with Crippen LogP contribution in [0.5, 0.6) is 0 Å². The molecule has 8 nitrogen and oxygen atoms in total. The quantitative estimate of drug-likeness (QED) is 0.549. The van der Waals surface area contributed by atoms with Crippen LogP contribution in [0, 0.1) is 23.0 Å². The van der Waals surface area contributed by atoms with Crippen molar-refractivity contribution in [2.24, 2.45) is 0 Å². The molecule has 0 radical (unpaired) electrons. The van der Waals surface area contributed by atoms with Gasteiger partial charge in [-0.1, -0.05) is 24.3 Å². The molecule has 2 aromatic carbocycles. The molecule has 10 heteroatoms. The second-order valence-electron chi connectivity index (χ2n) is 8.53. The van der Waals surface area contributed by atoms with Crippen LogP contribution in [0.4, 0.5) is 19.3 Å². The molecule has 3 fully saturated rings. The fourth-order valence-electron chi connectivity index (χ4n) is 5.40. The number of hydrogen-bond acceptors (Lipinski definition) is 5. The number of urea groups is 1. The van der Waals surface area contributed by atoms with Crippen molar-refractivity contribution in [1.82, 2.24) is 14.8 Å². The Balaban J connectivity index is 1.37. The molecule has 2 bridgehead atoms. The smallest absolute Gasteiger partial charge is 0.331 e. The van der Waals surface area contributed by atoms with E-state index in [9.17, 15) is 28.4 Å². The van der Waals surface area contributed by atoms with Gasteiger partial charge in [0.05, 0.1) is 24.0 Å². The van der Waals surface area contributed by atoms with E-state index >= 15 is 0 Å². The highest BCUT2D eigenvalue weighted by Gasteiger charge is 2.63. The summed E-state index contributed by atoms with van der Waals surface area (Å²) < 4.78 is 27.3. The minimum atomic E-state index is -0.900. The predicted octanol–water partition coefficient (Wildman–Crippen LogP) is 2.82. The number of rotatable bonds is 2. The fraction of sp³-hybridized carbons (Fsp3) is 0.208. The van der Waals surface area contributed by atoms with Crippen molar-refractivity contribution >= 4 is 34.3 Å². The Kier molecular flexibility index (Phi) is 4.20. The second kappa shape index (κ2) is 7.05. The van der Waals surface area contributed by atoms with Crippen molar-refractivity contribution in [3.63, 3.8) is 0 Å². The molecular weight excluding hydrogens is 444 g/mol. The maximum atomic E-state index is 13.7. The highest BCUT2D eigenvalue weighted by molar-refractivity contribution is 6.25. The lowest BCUT2D eigenvalue weighted by molar-refractivity contribution is -0.121. The Morgan fingerprint density at radius 1 is 1.09 bits per heavy atom. The minimum Gasteiger partial charge on any atom is -0.331 e. The lowest BCUT2D eigenvalue weighted by Gasteiger charge is -2.34. The third-order valence-corrected chi connectivity index (χ3v) is 6.76. The van der Waals surface area contributed by atoms with Gasteiger partial charge in [-0.2, -0.15) is 5.26 Å². The van der Waals surface area contributed by atoms with Crippen LogP contribution in [0.2, 0.25) is 0 Å². The van der Waals surface area contributed by atoms with Crippen LogP contribution in [-0.2, 0) is 4.79 Å². The summed E-state index contributed by atoms with van der Waals surface area (Å²) in [5.41, 5.74) is 0.300. The van der Waals surface area contributed by atoms with E-state index in [4.69, 9.17) is 0 Å². The molecule has 3 atom stereocenters. The number of carbonyl (C=O) groups excluding carboxylic acids is 3. The van der Waals surface area contributed by atoms with Gasteiger partial charge in [0.15, 0.2) is 0 Å². The first kappa shape index (κ1) is 20.2. The van der Waals surface area contributed by atoms with Gasteiger partial charge >= 0.3 is 6.03 Å². The monoisotopic (exact) mass is 459 g/mol. The molecule has 0 aliphatic carbocycles. The van der Waals surface area contributed by atoms with Crippen LogP contribution in [0.25, 0.3) is 10.8 Å². The Morgan fingerprint density at radius 3 is 2.50 bits per heavy atom. The molecule has 34 heavy (non-hydrogen) atoms. The Morgan fingerprint density at radius 2 is 1.79 bits per heavy atom. The molecule has 3 aliphatic heterocycles. The van der Waals surface area contributed by atoms with Gasteiger partial charge in [0.1, 0.15) is 29.4 Å². The number of aromatic nitrogens is 1. The van der Waals surface area contributed by atoms with Gasteiger partial charge < -0.3 is 9.80 Å². The normalized spacial score (nSPS) is 23.1. The molecule has 3 saturated heterocycles. The molecule has 0 N–H and O–H groups in total. The van der Waals surface area contributed by atoms with Crippen LogP contribution < -0.4 is 4.90 Å². The van der Waals surface area contributed by atoms with E-state index in [1.54, 1.807) is 24.3 Å². The average Bonchev–Trinajstić information content (AvgIpc) is 3.49. The number of nitrogens with zero attached hydrogens (tertiary/aromatic N) is 5. The minimum absolute atomic E-state index is 0.146. The summed E-state index contributed by atoms with van der Waals surface area (Å²) in [5.74, 6) is -2.83. The third kappa shape index (κ3) is 2.67. The Labute approximate surface area is 191 Å². The number of halogens is 2. The van der Waals surface area contributed by atoms with Crippen molar-refractivity contribution in [2.75, 3.05) is 11.4 Å². The zero-order valence-corrected chi connectivity index (χ0v) is 17.5. The van der Waals surface area contributed by atoms with Gasteiger partial charge in [-0.05, 0) is 18.6 Å². The highest BCUT2D eigenvalue weighted by atomic mass is 19.1. The van der Waals surface area contributed by atoms with Crippen LogP contribution in [0.1, 0.15) is 22.5 Å². The summed E-state index contributed by atoms with van der Waals surface area (Å²) in [6, 6.07) is 9.07. The molecule has 1 aromatic heterocycles. The largest absolute Gasteiger partial charge is 0.332 e. The molecule has 1 unspecified atom stereocenters. The predicted molar refractivity (Wildman–Crippen MR) is 115 cm³/mol. The number of hydrogen-bond donors (Lipinski definition) is 0. The van der Waals surface area contributed by atoms with Crippen molar-refractivity contribution in [3.8, 4) is 6.07 Å². The number of anilines is 1. The Bertz CT molecular complexity index is 1450. The third-order valence-electron chi connectivity index (χ3n) is 6.76. The molecule has 3 aliphatic rings. The summed E-state index contributed by atoms with van der Waals surface area (Å²) >= 11 is 0. The SMILES string of the molecule is N#Cc1ncc(N2C(=O)[C@@H]3C4C[C@H](CN4C(=O)c4cc(F)cc(F)c4)N3C2=O)c2ccccc12. The van der Waals surface area contributed by atoms with Gasteiger partial charge in [0.25, 0.3) is 11.8 Å². The molecule has 0 spiro atoms. The average molecular weight is 459 g/mol. The number of amides is 4. The second-order valence-corrected chi connectivity index (χ2v) is 8.53. The van der Waals surface area contributed by atoms with Gasteiger partial charge in [0.2, 0.25) is 0 Å². The van der Waals surface area contributed by atoms with Crippen LogP contribution in [0.3, 0.4) is 0 Å². The zero-order valence-electron chi connectivity index (χ0n) is 17.5. The maximum absolute atomic E-state index is 13.7. The van der Waals surface area contributed by atoms with Crippen molar-refractivity contribution in [2.45, 2.75) is 24.5 Å². The fourth-order valence-corrected chi connectivity index (χ4v) is 5.40. The van der Waals surface area contributed by atoms with Crippen LogP contribution in [0.15, 0.2) is 48.7 Å². The van der Waals surface area contributed by atoms with Gasteiger partial charge in [0, 0.05) is 28.9 Å². The van der Waals surface area contributed by atoms with Crippen molar-refractivity contribution < 1.29 is 23.2 Å². The van der Waals surface area contributed by atoms with Gasteiger partial charge in [-0.3, -0.25) is 9.59 Å². The van der Waals surface area contributed by atoms with Gasteiger partial charge in [-0.25, -0.2) is 23.5 Å². The number of imide groups is 1. The van der Waals surface area contributed by atoms with E-state index < -0.39 is 47.6 Å². The summed E-state index contributed by atoms with van der Waals surface area (Å²) in [6.45, 7) is 0.164. The number of likely N-dealkylation sites (tertiary alicyclic amines) is 1. The number of benzene rings is 2. The van der Waals surface area contributed by atoms with E-state index in [1.165, 1.54) is 16.0 Å². The van der Waals surface area contributed by atoms with E-state index in [0.717, 1.165) is 17.0 Å². The number of piperazine rings is 1. The lowest BCUT2D eigenvalue weighted by atomic mass is 10.1. The summed E-state index contributed by atoms with van der Waals surface area (Å²) in [6.07, 6.45) is 1.74. The molecule has 0 saturated carbocycles. The molecule has 4 amide bonds. The molecule has 6 rings (SSSR count). The summed E-state index contributed by atoms with van der Waals surface area (Å²) in [4.78, 5) is 48.0. The van der Waals surface area contributed by atoms with Crippen molar-refractivity contribution in [3.05, 3.63) is 71.6 Å². The molecule has 3 aromatic rings. The van der Waals surface area contributed by atoms with Gasteiger partial charge in [-0.15, -0.1) is 0 Å². The molecule has 168 valence electrons. The van der Waals surface area contributed by atoms with Crippen LogP contribution >= 0.6 is 0 Å².